The zero-order valence-corrected chi connectivity index (χ0v) is 31.9. The summed E-state index contributed by atoms with van der Waals surface area (Å²) in [6.45, 7) is 0. The fourth-order valence-corrected chi connectivity index (χ4v) is 11.0. The van der Waals surface area contributed by atoms with Crippen LogP contribution in [0.4, 0.5) is 34.1 Å². The minimum atomic E-state index is -0.142. The number of nitrogens with zero attached hydrogens (tertiary/aromatic N) is 2. The van der Waals surface area contributed by atoms with E-state index >= 15 is 0 Å². The highest BCUT2D eigenvalue weighted by molar-refractivity contribution is 7.25. The number of hydrogen-bond donors (Lipinski definition) is 0. The number of aryl methyl sites for hydroxylation is 2. The van der Waals surface area contributed by atoms with E-state index in [1.165, 1.54) is 87.7 Å². The summed E-state index contributed by atoms with van der Waals surface area (Å²) in [7, 11) is 0. The Morgan fingerprint density at radius 2 is 0.875 bits per heavy atom. The van der Waals surface area contributed by atoms with Crippen LogP contribution in [0.5, 0.6) is 0 Å². The molecule has 0 saturated heterocycles. The number of hydrogen-bond acceptors (Lipinski definition) is 3. The summed E-state index contributed by atoms with van der Waals surface area (Å²) in [5.41, 5.74) is 15.5. The molecule has 56 heavy (non-hydrogen) atoms. The van der Waals surface area contributed by atoms with Crippen LogP contribution in [-0.2, 0) is 18.3 Å². The summed E-state index contributed by atoms with van der Waals surface area (Å²) in [6, 6.07) is 71.8. The molecule has 0 fully saturated rings. The Kier molecular flexibility index (Phi) is 7.89. The first-order valence-electron chi connectivity index (χ1n) is 19.8. The van der Waals surface area contributed by atoms with Crippen molar-refractivity contribution in [1.82, 2.24) is 0 Å². The Morgan fingerprint density at radius 3 is 1.52 bits per heavy atom. The van der Waals surface area contributed by atoms with Gasteiger partial charge in [0.1, 0.15) is 0 Å². The predicted molar refractivity (Wildman–Crippen MR) is 238 cm³/mol. The lowest BCUT2D eigenvalue weighted by Gasteiger charge is -2.37. The minimum absolute atomic E-state index is 0.142. The van der Waals surface area contributed by atoms with E-state index in [-0.39, 0.29) is 5.41 Å². The van der Waals surface area contributed by atoms with Gasteiger partial charge in [-0.25, -0.2) is 0 Å². The third-order valence-electron chi connectivity index (χ3n) is 12.2. The van der Waals surface area contributed by atoms with Gasteiger partial charge >= 0.3 is 0 Å². The highest BCUT2D eigenvalue weighted by Crippen LogP contribution is 2.60. The second kappa shape index (κ2) is 13.4. The Morgan fingerprint density at radius 1 is 0.375 bits per heavy atom. The van der Waals surface area contributed by atoms with Crippen molar-refractivity contribution < 1.29 is 0 Å². The first-order valence-corrected chi connectivity index (χ1v) is 20.6. The lowest BCUT2D eigenvalue weighted by atomic mass is 9.74. The van der Waals surface area contributed by atoms with Crippen LogP contribution in [0, 0.1) is 0 Å². The second-order valence-electron chi connectivity index (χ2n) is 15.2. The van der Waals surface area contributed by atoms with Crippen molar-refractivity contribution in [2.45, 2.75) is 31.1 Å². The number of anilines is 6. The molecular formula is C53H40N2S. The largest absolute Gasteiger partial charge is 0.310 e. The predicted octanol–water partition coefficient (Wildman–Crippen LogP) is 14.8. The van der Waals surface area contributed by atoms with E-state index in [0.29, 0.717) is 0 Å². The van der Waals surface area contributed by atoms with Crippen LogP contribution in [0.1, 0.15) is 35.1 Å². The highest BCUT2D eigenvalue weighted by Gasteiger charge is 2.49. The van der Waals surface area contributed by atoms with E-state index in [4.69, 9.17) is 0 Å². The van der Waals surface area contributed by atoms with Crippen LogP contribution in [0.2, 0.25) is 0 Å². The van der Waals surface area contributed by atoms with E-state index < -0.39 is 0 Å². The van der Waals surface area contributed by atoms with Crippen molar-refractivity contribution in [2.24, 2.45) is 0 Å². The van der Waals surface area contributed by atoms with E-state index in [9.17, 15) is 0 Å². The fraction of sp³-hybridized carbons (Fsp3) is 0.0943. The maximum atomic E-state index is 2.54. The monoisotopic (exact) mass is 736 g/mol. The van der Waals surface area contributed by atoms with Crippen molar-refractivity contribution in [3.63, 3.8) is 0 Å². The standard InChI is InChI=1S/C53H40N2S/c1-4-15-37(16-5-1)40-19-12-24-43(35-40)54(41-20-6-2-7-21-41)47-26-13-17-38-31-33-53(51(38)47)34-32-39-18-14-27-48(52(39)53)55(42-22-8-3-9-23-42)44-29-30-46-45-25-10-11-28-49(45)56-50(46)36-44/h1-30,35-36H,31-34H2/t53-/m1/s1. The summed E-state index contributed by atoms with van der Waals surface area (Å²) in [5.74, 6) is 0. The number of fused-ring (bicyclic) bond motifs is 7. The Bertz CT molecular complexity index is 2880. The van der Waals surface area contributed by atoms with Crippen LogP contribution >= 0.6 is 11.3 Å². The van der Waals surface area contributed by atoms with Gasteiger partial charge in [0, 0.05) is 48.3 Å². The second-order valence-corrected chi connectivity index (χ2v) is 16.3. The molecule has 1 aromatic heterocycles. The molecule has 2 aliphatic rings. The van der Waals surface area contributed by atoms with Gasteiger partial charge in [-0.05, 0) is 126 Å². The molecular weight excluding hydrogens is 697 g/mol. The van der Waals surface area contributed by atoms with E-state index in [1.54, 1.807) is 0 Å². The van der Waals surface area contributed by atoms with Crippen molar-refractivity contribution in [3.8, 4) is 11.1 Å². The first-order chi connectivity index (χ1) is 27.7. The molecule has 9 aromatic rings. The molecule has 3 heteroatoms. The zero-order valence-electron chi connectivity index (χ0n) is 31.1. The lowest BCUT2D eigenvalue weighted by Crippen LogP contribution is -2.27. The molecule has 0 aliphatic heterocycles. The minimum Gasteiger partial charge on any atom is -0.310 e. The number of thiophene rings is 1. The van der Waals surface area contributed by atoms with Crippen LogP contribution in [0.3, 0.4) is 0 Å². The molecule has 0 saturated carbocycles. The van der Waals surface area contributed by atoms with Gasteiger partial charge in [0.05, 0.1) is 11.4 Å². The van der Waals surface area contributed by atoms with Gasteiger partial charge in [-0.1, -0.05) is 127 Å². The van der Waals surface area contributed by atoms with E-state index in [2.05, 4.69) is 204 Å². The zero-order chi connectivity index (χ0) is 37.1. The number of rotatable bonds is 7. The average Bonchev–Trinajstić information content (AvgIpc) is 3.96. The lowest BCUT2D eigenvalue weighted by molar-refractivity contribution is 0.508. The maximum absolute atomic E-state index is 2.54. The van der Waals surface area contributed by atoms with Crippen LogP contribution < -0.4 is 9.80 Å². The molecule has 2 nitrogen and oxygen atoms in total. The summed E-state index contributed by atoms with van der Waals surface area (Å²) >= 11 is 1.89. The molecule has 0 unspecified atom stereocenters. The number of benzene rings is 8. The van der Waals surface area contributed by atoms with E-state index in [0.717, 1.165) is 25.7 Å². The van der Waals surface area contributed by atoms with Crippen molar-refractivity contribution >= 4 is 65.6 Å². The van der Waals surface area contributed by atoms with Gasteiger partial charge in [-0.2, -0.15) is 0 Å². The van der Waals surface area contributed by atoms with Gasteiger partial charge in [0.15, 0.2) is 0 Å². The Labute approximate surface area is 332 Å². The first kappa shape index (κ1) is 33.0. The SMILES string of the molecule is c1ccc(-c2cccc(N(c3ccccc3)c3cccc4c3[C@@]3(CC4)CCc4cccc(N(c5ccccc5)c5ccc6c(c5)sc5ccccc56)c43)c2)cc1. The molecule has 2 aliphatic carbocycles. The van der Waals surface area contributed by atoms with Crippen LogP contribution in [0.25, 0.3) is 31.3 Å². The van der Waals surface area contributed by atoms with Crippen LogP contribution in [-0.4, -0.2) is 0 Å². The van der Waals surface area contributed by atoms with Crippen molar-refractivity contribution in [1.29, 1.82) is 0 Å². The number of para-hydroxylation sites is 2. The molecule has 0 amide bonds. The van der Waals surface area contributed by atoms with Gasteiger partial charge < -0.3 is 9.80 Å². The summed E-state index contributed by atoms with van der Waals surface area (Å²) < 4.78 is 2.65. The van der Waals surface area contributed by atoms with Gasteiger partial charge in [-0.3, -0.25) is 0 Å². The normalized spacial score (nSPS) is 15.6. The van der Waals surface area contributed by atoms with Crippen molar-refractivity contribution in [2.75, 3.05) is 9.80 Å². The quantitative estimate of drug-likeness (QED) is 0.161. The molecule has 1 spiro atoms. The summed E-state index contributed by atoms with van der Waals surface area (Å²) in [6.07, 6.45) is 4.30. The fourth-order valence-electron chi connectivity index (χ4n) is 9.83. The third kappa shape index (κ3) is 5.30. The summed E-state index contributed by atoms with van der Waals surface area (Å²) in [4.78, 5) is 5.05. The Hall–Kier alpha value is -6.42. The molecule has 0 N–H and O–H groups in total. The van der Waals surface area contributed by atoms with Crippen molar-refractivity contribution in [3.05, 3.63) is 216 Å². The topological polar surface area (TPSA) is 6.48 Å². The molecule has 0 bridgehead atoms. The molecule has 11 rings (SSSR count). The molecule has 1 atom stereocenters. The molecule has 8 aromatic carbocycles. The third-order valence-corrected chi connectivity index (χ3v) is 13.3. The Balaban J connectivity index is 1.12. The van der Waals surface area contributed by atoms with Gasteiger partial charge in [0.2, 0.25) is 0 Å². The molecule has 0 radical (unpaired) electrons. The van der Waals surface area contributed by atoms with Crippen LogP contribution in [0.15, 0.2) is 194 Å². The molecule has 1 heterocycles. The van der Waals surface area contributed by atoms with E-state index in [1.807, 2.05) is 11.3 Å². The summed E-state index contributed by atoms with van der Waals surface area (Å²) in [5, 5.41) is 2.65. The smallest absolute Gasteiger partial charge is 0.0505 e. The van der Waals surface area contributed by atoms with Gasteiger partial charge in [-0.15, -0.1) is 11.3 Å². The highest BCUT2D eigenvalue weighted by atomic mass is 32.1. The molecule has 268 valence electrons. The average molecular weight is 737 g/mol. The van der Waals surface area contributed by atoms with Gasteiger partial charge in [0.25, 0.3) is 0 Å². The maximum Gasteiger partial charge on any atom is 0.0505 e.